The van der Waals surface area contributed by atoms with Crippen LogP contribution in [0.3, 0.4) is 0 Å². The van der Waals surface area contributed by atoms with Gasteiger partial charge in [-0.25, -0.2) is 13.4 Å². The van der Waals surface area contributed by atoms with Gasteiger partial charge in [-0.05, 0) is 18.9 Å². The predicted molar refractivity (Wildman–Crippen MR) is 95.0 cm³/mol. The summed E-state index contributed by atoms with van der Waals surface area (Å²) in [4.78, 5) is 7.68. The molecule has 2 N–H and O–H groups in total. The quantitative estimate of drug-likeness (QED) is 0.792. The Morgan fingerprint density at radius 3 is 2.59 bits per heavy atom. The first-order valence-corrected chi connectivity index (χ1v) is 9.87. The van der Waals surface area contributed by atoms with Gasteiger partial charge in [0.25, 0.3) is 0 Å². The first-order chi connectivity index (χ1) is 12.5. The Morgan fingerprint density at radius 2 is 2.07 bits per heavy atom. The van der Waals surface area contributed by atoms with E-state index in [1.165, 1.54) is 13.1 Å². The summed E-state index contributed by atoms with van der Waals surface area (Å²) in [5.74, 6) is 0.836. The van der Waals surface area contributed by atoms with Gasteiger partial charge < -0.3 is 15.3 Å². The molecule has 1 aliphatic carbocycles. The number of sulfone groups is 1. The summed E-state index contributed by atoms with van der Waals surface area (Å²) in [5, 5.41) is 10.5. The third kappa shape index (κ3) is 3.82. The van der Waals surface area contributed by atoms with Crippen LogP contribution in [0.25, 0.3) is 0 Å². The monoisotopic (exact) mass is 401 g/mol. The molecule has 0 bridgehead atoms. The Bertz CT molecular complexity index is 982. The number of hydrogen-bond donors (Lipinski definition) is 2. The fourth-order valence-electron chi connectivity index (χ4n) is 2.68. The first kappa shape index (κ1) is 19.3. The van der Waals surface area contributed by atoms with Crippen molar-refractivity contribution in [1.82, 2.24) is 9.55 Å². The summed E-state index contributed by atoms with van der Waals surface area (Å²) in [7, 11) is -1.95. The molecule has 2 heterocycles. The van der Waals surface area contributed by atoms with E-state index in [1.54, 1.807) is 11.6 Å². The Labute approximate surface area is 154 Å². The van der Waals surface area contributed by atoms with Crippen molar-refractivity contribution in [1.29, 1.82) is 5.41 Å². The van der Waals surface area contributed by atoms with E-state index in [2.05, 4.69) is 15.3 Å². The molecule has 7 nitrogen and oxygen atoms in total. The van der Waals surface area contributed by atoms with Gasteiger partial charge in [-0.2, -0.15) is 13.2 Å². The van der Waals surface area contributed by atoms with Crippen LogP contribution in [0.4, 0.5) is 19.0 Å². The molecule has 0 spiro atoms. The van der Waals surface area contributed by atoms with Crippen molar-refractivity contribution in [3.8, 4) is 0 Å². The van der Waals surface area contributed by atoms with Crippen molar-refractivity contribution in [2.75, 3.05) is 11.1 Å². The summed E-state index contributed by atoms with van der Waals surface area (Å²) < 4.78 is 64.4. The van der Waals surface area contributed by atoms with E-state index in [0.717, 1.165) is 19.1 Å². The lowest BCUT2D eigenvalue weighted by Crippen LogP contribution is -2.17. The Kier molecular flexibility index (Phi) is 4.74. The van der Waals surface area contributed by atoms with E-state index in [9.17, 15) is 21.6 Å². The van der Waals surface area contributed by atoms with Crippen LogP contribution in [0.5, 0.6) is 0 Å². The van der Waals surface area contributed by atoms with Crippen molar-refractivity contribution in [2.45, 2.75) is 36.9 Å². The largest absolute Gasteiger partial charge is 0.433 e. The van der Waals surface area contributed by atoms with E-state index in [1.807, 2.05) is 0 Å². The maximum Gasteiger partial charge on any atom is 0.433 e. The van der Waals surface area contributed by atoms with Crippen LogP contribution in [-0.2, 0) is 16.9 Å². The van der Waals surface area contributed by atoms with Crippen LogP contribution in [0.15, 0.2) is 33.6 Å². The number of imidazole rings is 1. The van der Waals surface area contributed by atoms with Crippen molar-refractivity contribution in [3.63, 3.8) is 0 Å². The molecule has 0 amide bonds. The minimum absolute atomic E-state index is 0.0227. The molecule has 1 aromatic rings. The molecular formula is C16H18F3N5O2S. The number of nitrogens with one attached hydrogen (secondary N) is 2. The smallest absolute Gasteiger partial charge is 0.344 e. The van der Waals surface area contributed by atoms with Crippen LogP contribution >= 0.6 is 0 Å². The van der Waals surface area contributed by atoms with Crippen molar-refractivity contribution >= 4 is 27.6 Å². The summed E-state index contributed by atoms with van der Waals surface area (Å²) in [6, 6.07) is 0. The van der Waals surface area contributed by atoms with Gasteiger partial charge in [0.05, 0.1) is 11.5 Å². The molecule has 1 fully saturated rings. The number of halogens is 3. The third-order valence-corrected chi connectivity index (χ3v) is 6.10. The molecule has 0 atom stereocenters. The van der Waals surface area contributed by atoms with E-state index < -0.39 is 21.7 Å². The molecule has 11 heteroatoms. The maximum absolute atomic E-state index is 12.7. The highest BCUT2D eigenvalue weighted by Gasteiger charge is 2.36. The number of allylic oxidation sites excluding steroid dienone is 3. The highest BCUT2D eigenvalue weighted by molar-refractivity contribution is 7.91. The number of anilines is 1. The number of alkyl halides is 3. The summed E-state index contributed by atoms with van der Waals surface area (Å²) in [6.45, 7) is 1.52. The second-order valence-electron chi connectivity index (χ2n) is 6.30. The number of rotatable bonds is 5. The average Bonchev–Trinajstić information content (AvgIpc) is 3.36. The fraction of sp³-hybridized carbons (Fsp3) is 0.438. The molecule has 1 saturated carbocycles. The van der Waals surface area contributed by atoms with Gasteiger partial charge in [-0.15, -0.1) is 0 Å². The van der Waals surface area contributed by atoms with Gasteiger partial charge in [0.2, 0.25) is 0 Å². The molecule has 146 valence electrons. The minimum atomic E-state index is -4.63. The zero-order chi connectivity index (χ0) is 20.0. The Morgan fingerprint density at radius 1 is 1.41 bits per heavy atom. The average molecular weight is 401 g/mol. The van der Waals surface area contributed by atoms with E-state index in [0.29, 0.717) is 11.9 Å². The van der Waals surface area contributed by atoms with Gasteiger partial charge in [-0.3, -0.25) is 4.99 Å². The van der Waals surface area contributed by atoms with Crippen molar-refractivity contribution < 1.29 is 21.6 Å². The number of aliphatic imine (C=N–C) groups is 1. The molecular weight excluding hydrogens is 383 g/mol. The lowest BCUT2D eigenvalue weighted by atomic mass is 10.1. The lowest BCUT2D eigenvalue weighted by molar-refractivity contribution is -0.0922. The second-order valence-corrected chi connectivity index (χ2v) is 8.50. The van der Waals surface area contributed by atoms with Gasteiger partial charge in [-0.1, -0.05) is 6.92 Å². The number of aromatic nitrogens is 2. The number of hydrogen-bond acceptors (Lipinski definition) is 6. The van der Waals surface area contributed by atoms with Crippen LogP contribution in [-0.4, -0.2) is 41.8 Å². The second kappa shape index (κ2) is 6.63. The Hall–Kier alpha value is -2.43. The zero-order valence-electron chi connectivity index (χ0n) is 14.6. The van der Waals surface area contributed by atoms with E-state index in [4.69, 9.17) is 5.41 Å². The molecule has 0 aromatic carbocycles. The Balaban J connectivity index is 1.92. The molecule has 0 radical (unpaired) electrons. The molecule has 27 heavy (non-hydrogen) atoms. The van der Waals surface area contributed by atoms with Crippen LogP contribution in [0.1, 0.15) is 31.5 Å². The predicted octanol–water partition coefficient (Wildman–Crippen LogP) is 2.94. The normalized spacial score (nSPS) is 19.5. The highest BCUT2D eigenvalue weighted by Crippen LogP contribution is 2.41. The molecule has 3 rings (SSSR count). The topological polar surface area (TPSA) is 100 Å². The molecule has 1 aromatic heterocycles. The molecule has 0 saturated heterocycles. The molecule has 0 unspecified atom stereocenters. The standard InChI is InChI=1S/C16H18F3N5O2S/c1-3-27(25,26)15-13(23-14(24(15)2)9-4-5-9)22-8-10-7-21-12(6-11(10)20)16(17,18)19/h6-9,20,22H,3-5H2,1-2H3/b10-8-,20-11?. The van der Waals surface area contributed by atoms with Gasteiger partial charge in [0.15, 0.2) is 20.7 Å². The fourth-order valence-corrected chi connectivity index (χ4v) is 3.86. The van der Waals surface area contributed by atoms with Crippen molar-refractivity contribution in [2.24, 2.45) is 12.0 Å². The zero-order valence-corrected chi connectivity index (χ0v) is 15.4. The van der Waals surface area contributed by atoms with E-state index >= 15 is 0 Å². The minimum Gasteiger partial charge on any atom is -0.344 e. The third-order valence-electron chi connectivity index (χ3n) is 4.28. The van der Waals surface area contributed by atoms with Crippen LogP contribution in [0.2, 0.25) is 0 Å². The first-order valence-electron chi connectivity index (χ1n) is 8.22. The van der Waals surface area contributed by atoms with Gasteiger partial charge >= 0.3 is 6.18 Å². The molecule has 1 aliphatic heterocycles. The van der Waals surface area contributed by atoms with E-state index in [-0.39, 0.29) is 33.8 Å². The number of nitrogens with zero attached hydrogens (tertiary/aromatic N) is 3. The van der Waals surface area contributed by atoms with Crippen LogP contribution in [0, 0.1) is 5.41 Å². The van der Waals surface area contributed by atoms with Crippen LogP contribution < -0.4 is 5.32 Å². The summed E-state index contributed by atoms with van der Waals surface area (Å²) in [6.07, 6.45) is -0.00571. The van der Waals surface area contributed by atoms with Crippen molar-refractivity contribution in [3.05, 3.63) is 29.4 Å². The summed E-state index contributed by atoms with van der Waals surface area (Å²) >= 11 is 0. The van der Waals surface area contributed by atoms with Gasteiger partial charge in [0, 0.05) is 31.0 Å². The molecule has 2 aliphatic rings. The maximum atomic E-state index is 12.7. The SMILES string of the molecule is CCS(=O)(=O)c1c(N/C=C2/C=NC(C(F)(F)F)=CC2=N)nc(C2CC2)n1C. The lowest BCUT2D eigenvalue weighted by Gasteiger charge is -2.12. The van der Waals surface area contributed by atoms with Gasteiger partial charge in [0.1, 0.15) is 11.5 Å². The highest BCUT2D eigenvalue weighted by atomic mass is 32.2. The summed E-state index contributed by atoms with van der Waals surface area (Å²) in [5.41, 5.74) is -1.46.